The molecule has 0 saturated carbocycles. The topological polar surface area (TPSA) is 60.4 Å². The van der Waals surface area contributed by atoms with Gasteiger partial charge in [0, 0.05) is 13.0 Å². The van der Waals surface area contributed by atoms with Gasteiger partial charge in [-0.15, -0.1) is 0 Å². The number of ketones is 1. The molecule has 0 bridgehead atoms. The van der Waals surface area contributed by atoms with Crippen LogP contribution in [0.1, 0.15) is 33.1 Å². The van der Waals surface area contributed by atoms with Crippen molar-refractivity contribution in [3.8, 4) is 0 Å². The Labute approximate surface area is 90.9 Å². The number of Topliss-reactive ketones (excluding diaryl/α,β-unsaturated/α-hetero) is 1. The smallest absolute Gasteiger partial charge is 0.162 e. The van der Waals surface area contributed by atoms with Crippen molar-refractivity contribution in [2.45, 2.75) is 44.5 Å². The first-order valence-electron chi connectivity index (χ1n) is 5.32. The van der Waals surface area contributed by atoms with E-state index in [0.29, 0.717) is 25.9 Å². The zero-order chi connectivity index (χ0) is 11.5. The largest absolute Gasteiger partial charge is 0.377 e. The van der Waals surface area contributed by atoms with Crippen LogP contribution in [-0.4, -0.2) is 37.9 Å². The molecule has 4 nitrogen and oxygen atoms in total. The van der Waals surface area contributed by atoms with Crippen LogP contribution in [0.15, 0.2) is 0 Å². The van der Waals surface area contributed by atoms with Crippen LogP contribution in [0.2, 0.25) is 0 Å². The van der Waals surface area contributed by atoms with Gasteiger partial charge in [0.05, 0.1) is 11.4 Å². The summed E-state index contributed by atoms with van der Waals surface area (Å²) in [6.45, 7) is 4.10. The van der Waals surface area contributed by atoms with Gasteiger partial charge in [-0.25, -0.2) is 8.42 Å². The summed E-state index contributed by atoms with van der Waals surface area (Å²) in [5.41, 5.74) is 0. The molecule has 0 radical (unpaired) electrons. The van der Waals surface area contributed by atoms with Gasteiger partial charge in [-0.3, -0.25) is 4.79 Å². The molecule has 1 saturated heterocycles. The van der Waals surface area contributed by atoms with Gasteiger partial charge in [0.2, 0.25) is 0 Å². The Morgan fingerprint density at radius 2 is 2.13 bits per heavy atom. The zero-order valence-corrected chi connectivity index (χ0v) is 10.0. The van der Waals surface area contributed by atoms with Crippen molar-refractivity contribution >= 4 is 15.6 Å². The Kier molecular flexibility index (Phi) is 4.28. The Hall–Kier alpha value is -0.420. The molecule has 0 spiro atoms. The molecule has 1 heterocycles. The molecule has 1 fully saturated rings. The van der Waals surface area contributed by atoms with Gasteiger partial charge in [0.1, 0.15) is 11.5 Å². The number of carbonyl (C=O) groups excluding carboxylic acids is 1. The Balaban J connectivity index is 2.62. The molecular weight excluding hydrogens is 216 g/mol. The number of carbonyl (C=O) groups is 1. The third-order valence-electron chi connectivity index (χ3n) is 2.66. The number of rotatable bonds is 5. The van der Waals surface area contributed by atoms with Crippen molar-refractivity contribution < 1.29 is 17.9 Å². The van der Waals surface area contributed by atoms with E-state index in [1.165, 1.54) is 0 Å². The average Bonchev–Trinajstić information content (AvgIpc) is 2.51. The third kappa shape index (κ3) is 3.28. The zero-order valence-electron chi connectivity index (χ0n) is 9.23. The predicted molar refractivity (Wildman–Crippen MR) is 57.5 cm³/mol. The highest BCUT2D eigenvalue weighted by molar-refractivity contribution is 7.92. The molecular formula is C10H18O4S. The molecule has 0 N–H and O–H groups in total. The van der Waals surface area contributed by atoms with Gasteiger partial charge in [-0.2, -0.15) is 0 Å². The molecule has 1 aliphatic heterocycles. The van der Waals surface area contributed by atoms with Crippen LogP contribution in [0.3, 0.4) is 0 Å². The summed E-state index contributed by atoms with van der Waals surface area (Å²) in [6, 6.07) is 0. The first kappa shape index (κ1) is 12.6. The van der Waals surface area contributed by atoms with Crippen molar-refractivity contribution in [3.05, 3.63) is 0 Å². The fraction of sp³-hybridized carbons (Fsp3) is 0.900. The van der Waals surface area contributed by atoms with Crippen molar-refractivity contribution in [2.24, 2.45) is 0 Å². The molecule has 0 aromatic rings. The Bertz CT molecular complexity index is 320. The SMILES string of the molecule is CCCC(=O)CS(=O)(=O)C1CCOC1C. The van der Waals surface area contributed by atoms with E-state index in [9.17, 15) is 13.2 Å². The molecule has 2 unspecified atom stereocenters. The van der Waals surface area contributed by atoms with Gasteiger partial charge in [-0.05, 0) is 19.8 Å². The molecule has 88 valence electrons. The van der Waals surface area contributed by atoms with Crippen LogP contribution < -0.4 is 0 Å². The number of hydrogen-bond acceptors (Lipinski definition) is 4. The molecule has 5 heteroatoms. The molecule has 1 rings (SSSR count). The van der Waals surface area contributed by atoms with Crippen LogP contribution in [0.4, 0.5) is 0 Å². The van der Waals surface area contributed by atoms with E-state index in [1.54, 1.807) is 6.92 Å². The van der Waals surface area contributed by atoms with E-state index in [2.05, 4.69) is 0 Å². The summed E-state index contributed by atoms with van der Waals surface area (Å²) in [7, 11) is -3.31. The number of hydrogen-bond donors (Lipinski definition) is 0. The van der Waals surface area contributed by atoms with E-state index in [4.69, 9.17) is 4.74 Å². The average molecular weight is 234 g/mol. The second-order valence-corrected chi connectivity index (χ2v) is 6.22. The number of sulfone groups is 1. The number of ether oxygens (including phenoxy) is 1. The van der Waals surface area contributed by atoms with Crippen molar-refractivity contribution in [2.75, 3.05) is 12.4 Å². The maximum atomic E-state index is 11.8. The van der Waals surface area contributed by atoms with E-state index in [1.807, 2.05) is 6.92 Å². The lowest BCUT2D eigenvalue weighted by molar-refractivity contribution is -0.116. The fourth-order valence-corrected chi connectivity index (χ4v) is 3.79. The van der Waals surface area contributed by atoms with E-state index in [-0.39, 0.29) is 17.6 Å². The van der Waals surface area contributed by atoms with Gasteiger partial charge in [-0.1, -0.05) is 6.92 Å². The highest BCUT2D eigenvalue weighted by Gasteiger charge is 2.36. The maximum absolute atomic E-state index is 11.8. The summed E-state index contributed by atoms with van der Waals surface area (Å²) < 4.78 is 28.9. The van der Waals surface area contributed by atoms with Crippen molar-refractivity contribution in [3.63, 3.8) is 0 Å². The van der Waals surface area contributed by atoms with Crippen LogP contribution >= 0.6 is 0 Å². The lowest BCUT2D eigenvalue weighted by atomic mass is 10.2. The minimum absolute atomic E-state index is 0.184. The van der Waals surface area contributed by atoms with E-state index < -0.39 is 15.1 Å². The van der Waals surface area contributed by atoms with Crippen molar-refractivity contribution in [1.29, 1.82) is 0 Å². The van der Waals surface area contributed by atoms with Gasteiger partial charge in [0.25, 0.3) is 0 Å². The molecule has 2 atom stereocenters. The first-order chi connectivity index (χ1) is 6.97. The molecule has 0 aromatic heterocycles. The monoisotopic (exact) mass is 234 g/mol. The Morgan fingerprint density at radius 3 is 2.60 bits per heavy atom. The minimum Gasteiger partial charge on any atom is -0.377 e. The molecule has 1 aliphatic rings. The highest BCUT2D eigenvalue weighted by Crippen LogP contribution is 2.21. The summed E-state index contributed by atoms with van der Waals surface area (Å²) in [4.78, 5) is 11.3. The predicted octanol–water partition coefficient (Wildman–Crippen LogP) is 0.948. The second-order valence-electron chi connectivity index (χ2n) is 4.00. The first-order valence-corrected chi connectivity index (χ1v) is 7.03. The quantitative estimate of drug-likeness (QED) is 0.710. The normalized spacial score (nSPS) is 26.8. The molecule has 15 heavy (non-hydrogen) atoms. The fourth-order valence-electron chi connectivity index (χ4n) is 1.87. The van der Waals surface area contributed by atoms with Crippen LogP contribution in [0, 0.1) is 0 Å². The lowest BCUT2D eigenvalue weighted by Gasteiger charge is -2.14. The van der Waals surface area contributed by atoms with Crippen molar-refractivity contribution in [1.82, 2.24) is 0 Å². The summed E-state index contributed by atoms with van der Waals surface area (Å²) in [6.07, 6.45) is 1.29. The lowest BCUT2D eigenvalue weighted by Crippen LogP contribution is -2.32. The summed E-state index contributed by atoms with van der Waals surface area (Å²) >= 11 is 0. The van der Waals surface area contributed by atoms with Gasteiger partial charge in [0.15, 0.2) is 9.84 Å². The van der Waals surface area contributed by atoms with E-state index in [0.717, 1.165) is 0 Å². The maximum Gasteiger partial charge on any atom is 0.162 e. The van der Waals surface area contributed by atoms with Crippen LogP contribution in [0.25, 0.3) is 0 Å². The van der Waals surface area contributed by atoms with Crippen LogP contribution in [0.5, 0.6) is 0 Å². The highest BCUT2D eigenvalue weighted by atomic mass is 32.2. The molecule has 0 aromatic carbocycles. The minimum atomic E-state index is -3.31. The Morgan fingerprint density at radius 1 is 1.47 bits per heavy atom. The van der Waals surface area contributed by atoms with Gasteiger partial charge < -0.3 is 4.74 Å². The summed E-state index contributed by atoms with van der Waals surface area (Å²) in [5, 5.41) is -0.488. The molecule has 0 aliphatic carbocycles. The third-order valence-corrected chi connectivity index (χ3v) is 4.92. The van der Waals surface area contributed by atoms with Gasteiger partial charge >= 0.3 is 0 Å². The van der Waals surface area contributed by atoms with E-state index >= 15 is 0 Å². The van der Waals surface area contributed by atoms with Crippen LogP contribution in [-0.2, 0) is 19.4 Å². The standard InChI is InChI=1S/C10H18O4S/c1-3-4-9(11)7-15(12,13)10-5-6-14-8(10)2/h8,10H,3-7H2,1-2H3. The summed E-state index contributed by atoms with van der Waals surface area (Å²) in [5.74, 6) is -0.504. The molecule has 0 amide bonds. The second kappa shape index (κ2) is 5.07.